The maximum absolute atomic E-state index is 16.3. The number of para-hydroxylation sites is 2. The van der Waals surface area contributed by atoms with Crippen LogP contribution in [-0.4, -0.2) is 76.5 Å². The summed E-state index contributed by atoms with van der Waals surface area (Å²) in [6, 6.07) is 30.2. The van der Waals surface area contributed by atoms with Gasteiger partial charge in [-0.1, -0.05) is 96.0 Å². The van der Waals surface area contributed by atoms with Gasteiger partial charge in [-0.25, -0.2) is 0 Å². The zero-order chi connectivity index (χ0) is 38.8. The standard InChI is InChI=1S/C46H41Cl2N5O4/c47-34-16-5-1-11-27(34)23-28-25-51(41(55)33-24-29-12-9-21-52(29)45(33)31-14-3-7-18-36(31)49-42(45)56)26-44(40(28)54)39(30-13-2-6-17-35(30)48)38-20-10-22-53(38)46(44)32-15-4-8-19-37(32)50-43(46)57/h1-8,11,13-19,23,29,33,38-39H,9-10,12,20-22,24-26H2,(H,49,56)(H,50,57)/b28-23+/t29-,33-,38-,39-,44-,45+,46?/m1/s1. The molecule has 2 N–H and O–H groups in total. The van der Waals surface area contributed by atoms with E-state index in [-0.39, 0.29) is 48.7 Å². The Bertz CT molecular complexity index is 2470. The number of nitrogens with one attached hydrogen (secondary N) is 2. The molecular weight excluding hydrogens is 757 g/mol. The van der Waals surface area contributed by atoms with Gasteiger partial charge in [-0.3, -0.25) is 29.0 Å². The summed E-state index contributed by atoms with van der Waals surface area (Å²) in [4.78, 5) is 68.4. The Kier molecular flexibility index (Phi) is 7.82. The average Bonchev–Trinajstić information content (AvgIpc) is 4.06. The van der Waals surface area contributed by atoms with E-state index >= 15 is 14.4 Å². The normalized spacial score (nSPS) is 33.3. The van der Waals surface area contributed by atoms with Crippen LogP contribution in [0.1, 0.15) is 60.3 Å². The van der Waals surface area contributed by atoms with Crippen LogP contribution in [0.2, 0.25) is 10.0 Å². The molecule has 57 heavy (non-hydrogen) atoms. The van der Waals surface area contributed by atoms with E-state index < -0.39 is 28.3 Å². The Morgan fingerprint density at radius 3 is 2.18 bits per heavy atom. The van der Waals surface area contributed by atoms with E-state index in [1.54, 1.807) is 6.07 Å². The summed E-state index contributed by atoms with van der Waals surface area (Å²) >= 11 is 14.0. The number of halogens is 2. The van der Waals surface area contributed by atoms with Crippen LogP contribution in [0.4, 0.5) is 11.4 Å². The van der Waals surface area contributed by atoms with Crippen molar-refractivity contribution in [1.82, 2.24) is 14.7 Å². The van der Waals surface area contributed by atoms with Crippen LogP contribution >= 0.6 is 23.2 Å². The molecule has 7 aliphatic heterocycles. The number of ketones is 1. The Morgan fingerprint density at radius 1 is 0.737 bits per heavy atom. The highest BCUT2D eigenvalue weighted by molar-refractivity contribution is 6.32. The number of nitrogens with zero attached hydrogens (tertiary/aromatic N) is 3. The fourth-order valence-corrected chi connectivity index (χ4v) is 13.1. The summed E-state index contributed by atoms with van der Waals surface area (Å²) in [7, 11) is 0. The number of carbonyl (C=O) groups is 4. The number of amides is 3. The van der Waals surface area contributed by atoms with E-state index in [0.717, 1.165) is 48.1 Å². The average molecular weight is 799 g/mol. The minimum atomic E-state index is -1.52. The number of carbonyl (C=O) groups excluding carboxylic acids is 4. The molecule has 4 aromatic carbocycles. The van der Waals surface area contributed by atoms with Gasteiger partial charge in [-0.2, -0.15) is 0 Å². The lowest BCUT2D eigenvalue weighted by atomic mass is 9.55. The summed E-state index contributed by atoms with van der Waals surface area (Å²) in [6.07, 6.45) is 5.76. The maximum Gasteiger partial charge on any atom is 0.250 e. The van der Waals surface area contributed by atoms with Crippen molar-refractivity contribution in [2.75, 3.05) is 36.8 Å². The lowest BCUT2D eigenvalue weighted by molar-refractivity contribution is -0.155. The first-order valence-corrected chi connectivity index (χ1v) is 20.9. The smallest absolute Gasteiger partial charge is 0.250 e. The Hall–Kier alpha value is -4.80. The van der Waals surface area contributed by atoms with E-state index in [2.05, 4.69) is 20.4 Å². The van der Waals surface area contributed by atoms with Gasteiger partial charge in [0.25, 0.3) is 5.91 Å². The lowest BCUT2D eigenvalue weighted by Crippen LogP contribution is -2.67. The highest BCUT2D eigenvalue weighted by Gasteiger charge is 2.79. The molecular formula is C46H41Cl2N5O4. The highest BCUT2D eigenvalue weighted by Crippen LogP contribution is 2.69. The van der Waals surface area contributed by atoms with Crippen LogP contribution < -0.4 is 10.6 Å². The first-order chi connectivity index (χ1) is 27.7. The number of hydrogen-bond donors (Lipinski definition) is 2. The van der Waals surface area contributed by atoms with Gasteiger partial charge in [0.1, 0.15) is 11.1 Å². The van der Waals surface area contributed by atoms with E-state index in [1.165, 1.54) is 0 Å². The Labute approximate surface area is 341 Å². The molecule has 11 rings (SSSR count). The number of fused-ring (bicyclic) bond motifs is 9. The van der Waals surface area contributed by atoms with Gasteiger partial charge in [0, 0.05) is 69.2 Å². The predicted molar refractivity (Wildman–Crippen MR) is 219 cm³/mol. The van der Waals surface area contributed by atoms with E-state index in [4.69, 9.17) is 23.2 Å². The SMILES string of the molecule is O=C([C@H]1C[C@H]2CCCN2[C@]12C(=O)Nc1ccccc12)N1C/C(=C\c2ccccc2Cl)C(=O)[C@@]2(C1)[C@H](c1ccccc1Cl)[C@H]1CCCN1C21C(=O)Nc2ccccc21. The molecule has 3 amide bonds. The zero-order valence-corrected chi connectivity index (χ0v) is 32.7. The van der Waals surface area contributed by atoms with Gasteiger partial charge in [0.2, 0.25) is 11.8 Å². The van der Waals surface area contributed by atoms with Crippen molar-refractivity contribution in [2.45, 2.75) is 61.2 Å². The third kappa shape index (κ3) is 4.43. The molecule has 288 valence electrons. The minimum absolute atomic E-state index is 0.00437. The summed E-state index contributed by atoms with van der Waals surface area (Å²) in [5, 5.41) is 7.34. The molecule has 0 bridgehead atoms. The number of rotatable bonds is 3. The molecule has 7 atom stereocenters. The van der Waals surface area contributed by atoms with Crippen LogP contribution in [0.15, 0.2) is 103 Å². The van der Waals surface area contributed by atoms with Gasteiger partial charge >= 0.3 is 0 Å². The summed E-state index contributed by atoms with van der Waals surface area (Å²) in [5.41, 5.74) is 0.596. The molecule has 5 saturated heterocycles. The van der Waals surface area contributed by atoms with Crippen LogP contribution in [0.5, 0.6) is 0 Å². The van der Waals surface area contributed by atoms with Crippen molar-refractivity contribution in [3.63, 3.8) is 0 Å². The van der Waals surface area contributed by atoms with Gasteiger partial charge in [-0.15, -0.1) is 0 Å². The predicted octanol–water partition coefficient (Wildman–Crippen LogP) is 7.22. The molecule has 0 aliphatic carbocycles. The second kappa shape index (κ2) is 12.6. The molecule has 11 heteroatoms. The van der Waals surface area contributed by atoms with Crippen LogP contribution in [0.25, 0.3) is 6.08 Å². The molecule has 7 heterocycles. The van der Waals surface area contributed by atoms with E-state index in [0.29, 0.717) is 46.4 Å². The summed E-state index contributed by atoms with van der Waals surface area (Å²) in [5.74, 6) is -2.12. The monoisotopic (exact) mass is 797 g/mol. The van der Waals surface area contributed by atoms with Crippen LogP contribution in [0, 0.1) is 11.3 Å². The van der Waals surface area contributed by atoms with Crippen LogP contribution in [0.3, 0.4) is 0 Å². The van der Waals surface area contributed by atoms with Crippen molar-refractivity contribution in [2.24, 2.45) is 11.3 Å². The fraction of sp³-hybridized carbons (Fsp3) is 0.348. The second-order valence-electron chi connectivity index (χ2n) is 16.8. The molecule has 1 unspecified atom stereocenters. The van der Waals surface area contributed by atoms with Gasteiger partial charge < -0.3 is 15.5 Å². The first-order valence-electron chi connectivity index (χ1n) is 20.1. The van der Waals surface area contributed by atoms with Crippen molar-refractivity contribution >= 4 is 64.2 Å². The van der Waals surface area contributed by atoms with Crippen LogP contribution in [-0.2, 0) is 30.3 Å². The number of piperidine rings is 1. The van der Waals surface area contributed by atoms with Gasteiger partial charge in [-0.05, 0) is 86.7 Å². The summed E-state index contributed by atoms with van der Waals surface area (Å²) in [6.45, 7) is 1.28. The quantitative estimate of drug-likeness (QED) is 0.213. The van der Waals surface area contributed by atoms with Crippen molar-refractivity contribution in [3.05, 3.63) is 135 Å². The molecule has 0 saturated carbocycles. The van der Waals surface area contributed by atoms with E-state index in [1.807, 2.05) is 102 Å². The maximum atomic E-state index is 16.3. The second-order valence-corrected chi connectivity index (χ2v) is 17.7. The Balaban J connectivity index is 1.17. The molecule has 0 aromatic heterocycles. The number of Topliss-reactive ketones (excluding diaryl/α,β-unsaturated/α-hetero) is 1. The van der Waals surface area contributed by atoms with Gasteiger partial charge in [0.05, 0.1) is 11.3 Å². The highest BCUT2D eigenvalue weighted by atomic mass is 35.5. The van der Waals surface area contributed by atoms with E-state index in [9.17, 15) is 4.79 Å². The largest absolute Gasteiger partial charge is 0.337 e. The minimum Gasteiger partial charge on any atom is -0.337 e. The molecule has 9 nitrogen and oxygen atoms in total. The fourth-order valence-electron chi connectivity index (χ4n) is 12.7. The zero-order valence-electron chi connectivity index (χ0n) is 31.2. The number of benzene rings is 4. The molecule has 7 aliphatic rings. The lowest BCUT2D eigenvalue weighted by Gasteiger charge is -2.52. The summed E-state index contributed by atoms with van der Waals surface area (Å²) < 4.78 is 0. The first kappa shape index (κ1) is 35.4. The molecule has 4 aromatic rings. The van der Waals surface area contributed by atoms with Gasteiger partial charge in [0.15, 0.2) is 5.78 Å². The van der Waals surface area contributed by atoms with Crippen molar-refractivity contribution in [3.8, 4) is 0 Å². The third-order valence-electron chi connectivity index (χ3n) is 14.5. The number of anilines is 2. The topological polar surface area (TPSA) is 102 Å². The van der Waals surface area contributed by atoms with Crippen molar-refractivity contribution < 1.29 is 19.2 Å². The molecule has 0 radical (unpaired) electrons. The molecule has 3 spiro atoms. The molecule has 5 fully saturated rings. The number of likely N-dealkylation sites (tertiary alicyclic amines) is 1. The Morgan fingerprint density at radius 2 is 1.39 bits per heavy atom. The third-order valence-corrected chi connectivity index (χ3v) is 15.2. The van der Waals surface area contributed by atoms with Crippen molar-refractivity contribution in [1.29, 1.82) is 0 Å². The number of hydrogen-bond acceptors (Lipinski definition) is 6.